The number of nitrogens with zero attached hydrogens (tertiary/aromatic N) is 1. The van der Waals surface area contributed by atoms with Crippen LogP contribution in [0.3, 0.4) is 0 Å². The third kappa shape index (κ3) is 6.28. The average Bonchev–Trinajstić information content (AvgIpc) is 3.11. The Kier molecular flexibility index (Phi) is 6.11. The van der Waals surface area contributed by atoms with E-state index in [0.29, 0.717) is 19.1 Å². The predicted octanol–water partition coefficient (Wildman–Crippen LogP) is 3.02. The van der Waals surface area contributed by atoms with Crippen molar-refractivity contribution in [3.63, 3.8) is 0 Å². The molecule has 0 aromatic rings. The molecule has 0 radical (unpaired) electrons. The van der Waals surface area contributed by atoms with Crippen LogP contribution in [0.1, 0.15) is 53.9 Å². The third-order valence-corrected chi connectivity index (χ3v) is 3.45. The molecule has 0 heterocycles. The van der Waals surface area contributed by atoms with Crippen molar-refractivity contribution in [2.45, 2.75) is 65.5 Å². The molecule has 1 aliphatic rings. The van der Waals surface area contributed by atoms with E-state index in [9.17, 15) is 4.79 Å². The van der Waals surface area contributed by atoms with Crippen LogP contribution in [0.15, 0.2) is 0 Å². The summed E-state index contributed by atoms with van der Waals surface area (Å²) in [6, 6.07) is 0.623. The van der Waals surface area contributed by atoms with Gasteiger partial charge >= 0.3 is 6.09 Å². The number of carbonyl (C=O) groups is 1. The Morgan fingerprint density at radius 3 is 2.42 bits per heavy atom. The van der Waals surface area contributed by atoms with E-state index in [4.69, 9.17) is 4.74 Å². The Morgan fingerprint density at radius 1 is 1.37 bits per heavy atom. The summed E-state index contributed by atoms with van der Waals surface area (Å²) in [5.74, 6) is 0.863. The highest BCUT2D eigenvalue weighted by Crippen LogP contribution is 2.33. The van der Waals surface area contributed by atoms with Gasteiger partial charge in [-0.3, -0.25) is 0 Å². The average molecular weight is 270 g/mol. The van der Waals surface area contributed by atoms with Gasteiger partial charge in [-0.05, 0) is 52.9 Å². The summed E-state index contributed by atoms with van der Waals surface area (Å²) < 4.78 is 5.39. The van der Waals surface area contributed by atoms with Gasteiger partial charge in [0.2, 0.25) is 0 Å². The lowest BCUT2D eigenvalue weighted by atomic mass is 10.1. The topological polar surface area (TPSA) is 41.6 Å². The second-order valence-corrected chi connectivity index (χ2v) is 6.37. The molecule has 1 rings (SSSR count). The fourth-order valence-electron chi connectivity index (χ4n) is 2.23. The standard InChI is InChI=1S/C15H30N2O2/c1-6-13(12-8-9-12)16-10-11-17(7-2)14(18)19-15(3,4)5/h12-13,16H,6-11H2,1-5H3. The van der Waals surface area contributed by atoms with Gasteiger partial charge in [-0.2, -0.15) is 0 Å². The van der Waals surface area contributed by atoms with Crippen LogP contribution in [0.4, 0.5) is 4.79 Å². The molecular formula is C15H30N2O2. The first-order chi connectivity index (χ1) is 8.87. The van der Waals surface area contributed by atoms with Gasteiger partial charge in [-0.25, -0.2) is 4.79 Å². The van der Waals surface area contributed by atoms with Crippen LogP contribution in [0.5, 0.6) is 0 Å². The molecule has 0 aromatic heterocycles. The number of ether oxygens (including phenoxy) is 1. The molecule has 19 heavy (non-hydrogen) atoms. The van der Waals surface area contributed by atoms with Crippen molar-refractivity contribution in [2.24, 2.45) is 5.92 Å². The van der Waals surface area contributed by atoms with Crippen LogP contribution >= 0.6 is 0 Å². The summed E-state index contributed by atoms with van der Waals surface area (Å²) in [6.45, 7) is 12.2. The highest BCUT2D eigenvalue weighted by molar-refractivity contribution is 5.68. The summed E-state index contributed by atoms with van der Waals surface area (Å²) in [5.41, 5.74) is -0.419. The van der Waals surface area contributed by atoms with E-state index in [2.05, 4.69) is 12.2 Å². The number of carbonyl (C=O) groups excluding carboxylic acids is 1. The molecule has 0 saturated heterocycles. The van der Waals surface area contributed by atoms with Crippen molar-refractivity contribution < 1.29 is 9.53 Å². The Morgan fingerprint density at radius 2 is 2.00 bits per heavy atom. The molecular weight excluding hydrogens is 240 g/mol. The van der Waals surface area contributed by atoms with Crippen LogP contribution in [-0.2, 0) is 4.74 Å². The SMILES string of the molecule is CCC(NCCN(CC)C(=O)OC(C)(C)C)C1CC1. The molecule has 1 amide bonds. The molecule has 112 valence electrons. The number of likely N-dealkylation sites (N-methyl/N-ethyl adjacent to an activating group) is 1. The minimum Gasteiger partial charge on any atom is -0.444 e. The summed E-state index contributed by atoms with van der Waals surface area (Å²) in [5, 5.41) is 3.56. The smallest absolute Gasteiger partial charge is 0.410 e. The van der Waals surface area contributed by atoms with Gasteiger partial charge in [0.05, 0.1) is 0 Å². The normalized spacial score (nSPS) is 17.1. The van der Waals surface area contributed by atoms with Gasteiger partial charge in [0, 0.05) is 25.7 Å². The van der Waals surface area contributed by atoms with E-state index in [1.807, 2.05) is 27.7 Å². The van der Waals surface area contributed by atoms with Gasteiger partial charge in [-0.1, -0.05) is 6.92 Å². The van der Waals surface area contributed by atoms with Gasteiger partial charge in [0.25, 0.3) is 0 Å². The van der Waals surface area contributed by atoms with Crippen molar-refractivity contribution in [3.8, 4) is 0 Å². The van der Waals surface area contributed by atoms with Crippen molar-refractivity contribution in [1.82, 2.24) is 10.2 Å². The number of nitrogens with one attached hydrogen (secondary N) is 1. The first kappa shape index (κ1) is 16.3. The van der Waals surface area contributed by atoms with E-state index in [1.165, 1.54) is 19.3 Å². The molecule has 1 aliphatic carbocycles. The number of hydrogen-bond acceptors (Lipinski definition) is 3. The van der Waals surface area contributed by atoms with E-state index in [1.54, 1.807) is 4.90 Å². The third-order valence-electron chi connectivity index (χ3n) is 3.45. The van der Waals surface area contributed by atoms with Crippen LogP contribution in [0.25, 0.3) is 0 Å². The zero-order chi connectivity index (χ0) is 14.5. The minimum atomic E-state index is -0.419. The van der Waals surface area contributed by atoms with E-state index < -0.39 is 5.60 Å². The Bertz CT molecular complexity index is 282. The predicted molar refractivity (Wildman–Crippen MR) is 78.3 cm³/mol. The van der Waals surface area contributed by atoms with E-state index in [-0.39, 0.29) is 6.09 Å². The van der Waals surface area contributed by atoms with E-state index >= 15 is 0 Å². The van der Waals surface area contributed by atoms with Gasteiger partial charge in [0.1, 0.15) is 5.60 Å². The van der Waals surface area contributed by atoms with Gasteiger partial charge in [-0.15, -0.1) is 0 Å². The molecule has 0 aliphatic heterocycles. The Hall–Kier alpha value is -0.770. The molecule has 1 saturated carbocycles. The van der Waals surface area contributed by atoms with Gasteiger partial charge < -0.3 is 15.0 Å². The largest absolute Gasteiger partial charge is 0.444 e. The van der Waals surface area contributed by atoms with E-state index in [0.717, 1.165) is 12.5 Å². The molecule has 0 spiro atoms. The molecule has 1 unspecified atom stereocenters. The van der Waals surface area contributed by atoms with Crippen molar-refractivity contribution in [3.05, 3.63) is 0 Å². The molecule has 0 aromatic carbocycles. The van der Waals surface area contributed by atoms with Crippen LogP contribution in [-0.4, -0.2) is 42.3 Å². The zero-order valence-corrected chi connectivity index (χ0v) is 13.2. The molecule has 1 fully saturated rings. The Balaban J connectivity index is 2.29. The summed E-state index contributed by atoms with van der Waals surface area (Å²) >= 11 is 0. The monoisotopic (exact) mass is 270 g/mol. The summed E-state index contributed by atoms with van der Waals surface area (Å²) in [7, 11) is 0. The number of amides is 1. The molecule has 0 bridgehead atoms. The summed E-state index contributed by atoms with van der Waals surface area (Å²) in [6.07, 6.45) is 3.67. The minimum absolute atomic E-state index is 0.212. The first-order valence-corrected chi connectivity index (χ1v) is 7.58. The first-order valence-electron chi connectivity index (χ1n) is 7.58. The Labute approximate surface area is 117 Å². The van der Waals surface area contributed by atoms with Crippen LogP contribution < -0.4 is 5.32 Å². The lowest BCUT2D eigenvalue weighted by molar-refractivity contribution is 0.0260. The molecule has 4 heteroatoms. The maximum atomic E-state index is 12.0. The second kappa shape index (κ2) is 7.13. The van der Waals surface area contributed by atoms with Crippen molar-refractivity contribution >= 4 is 6.09 Å². The van der Waals surface area contributed by atoms with Crippen LogP contribution in [0, 0.1) is 5.92 Å². The molecule has 4 nitrogen and oxygen atoms in total. The lowest BCUT2D eigenvalue weighted by Gasteiger charge is -2.27. The zero-order valence-electron chi connectivity index (χ0n) is 13.2. The molecule has 1 atom stereocenters. The maximum Gasteiger partial charge on any atom is 0.410 e. The highest BCUT2D eigenvalue weighted by atomic mass is 16.6. The molecule has 1 N–H and O–H groups in total. The highest BCUT2D eigenvalue weighted by Gasteiger charge is 2.29. The van der Waals surface area contributed by atoms with Crippen LogP contribution in [0.2, 0.25) is 0 Å². The number of rotatable bonds is 7. The fourth-order valence-corrected chi connectivity index (χ4v) is 2.23. The summed E-state index contributed by atoms with van der Waals surface area (Å²) in [4.78, 5) is 13.7. The second-order valence-electron chi connectivity index (χ2n) is 6.37. The number of hydrogen-bond donors (Lipinski definition) is 1. The quantitative estimate of drug-likeness (QED) is 0.773. The fraction of sp³-hybridized carbons (Fsp3) is 0.933. The maximum absolute atomic E-state index is 12.0. The van der Waals surface area contributed by atoms with Crippen molar-refractivity contribution in [2.75, 3.05) is 19.6 Å². The van der Waals surface area contributed by atoms with Gasteiger partial charge in [0.15, 0.2) is 0 Å². The van der Waals surface area contributed by atoms with Crippen molar-refractivity contribution in [1.29, 1.82) is 0 Å². The lowest BCUT2D eigenvalue weighted by Crippen LogP contribution is -2.42.